The fourth-order valence-corrected chi connectivity index (χ4v) is 5.99. The molecule has 2 aromatic rings. The molecule has 2 heterocycles. The molecule has 1 aromatic heterocycles. The number of rotatable bonds is 7. The third-order valence-corrected chi connectivity index (χ3v) is 8.75. The standard InChI is InChI=1S/C17H22ClN5O4S3/c1-11(28-17-21-20-16(29-17)23-6-8-27-9-7-23)15(24)19-12-4-5-13(18)14(10-12)30(25,26)22(2)3/h4-5,10-11H,6-9H2,1-3H3,(H,19,24). The summed E-state index contributed by atoms with van der Waals surface area (Å²) in [4.78, 5) is 14.7. The van der Waals surface area contributed by atoms with Gasteiger partial charge < -0.3 is 15.0 Å². The van der Waals surface area contributed by atoms with E-state index in [0.717, 1.165) is 22.5 Å². The van der Waals surface area contributed by atoms with Crippen LogP contribution in [0.15, 0.2) is 27.4 Å². The van der Waals surface area contributed by atoms with Crippen LogP contribution in [0.3, 0.4) is 0 Å². The summed E-state index contributed by atoms with van der Waals surface area (Å²) in [6, 6.07) is 4.37. The van der Waals surface area contributed by atoms with Crippen molar-refractivity contribution < 1.29 is 17.9 Å². The van der Waals surface area contributed by atoms with Gasteiger partial charge in [0, 0.05) is 32.9 Å². The number of ether oxygens (including phenoxy) is 1. The molecule has 1 unspecified atom stereocenters. The Labute approximate surface area is 188 Å². The number of sulfonamides is 1. The van der Waals surface area contributed by atoms with Crippen LogP contribution in [0.25, 0.3) is 0 Å². The fourth-order valence-electron chi connectivity index (χ4n) is 2.56. The number of carbonyl (C=O) groups is 1. The van der Waals surface area contributed by atoms with Gasteiger partial charge in [0.25, 0.3) is 0 Å². The maximum atomic E-state index is 12.6. The normalized spacial score (nSPS) is 16.0. The lowest BCUT2D eigenvalue weighted by Crippen LogP contribution is -2.36. The van der Waals surface area contributed by atoms with Crippen molar-refractivity contribution in [2.75, 3.05) is 50.6 Å². The van der Waals surface area contributed by atoms with E-state index in [-0.39, 0.29) is 15.8 Å². The molecule has 1 aliphatic rings. The van der Waals surface area contributed by atoms with Crippen LogP contribution in [0.2, 0.25) is 5.02 Å². The molecule has 164 valence electrons. The van der Waals surface area contributed by atoms with Crippen molar-refractivity contribution in [3.8, 4) is 0 Å². The molecule has 1 N–H and O–H groups in total. The third kappa shape index (κ3) is 5.42. The molecule has 30 heavy (non-hydrogen) atoms. The highest BCUT2D eigenvalue weighted by molar-refractivity contribution is 8.02. The average molecular weight is 492 g/mol. The van der Waals surface area contributed by atoms with E-state index >= 15 is 0 Å². The first-order chi connectivity index (χ1) is 14.2. The number of halogens is 1. The molecule has 0 spiro atoms. The number of amides is 1. The molecular formula is C17H22ClN5O4S3. The van der Waals surface area contributed by atoms with Crippen LogP contribution in [0.1, 0.15) is 6.92 Å². The molecule has 0 saturated carbocycles. The van der Waals surface area contributed by atoms with Gasteiger partial charge in [-0.05, 0) is 25.1 Å². The maximum absolute atomic E-state index is 12.6. The largest absolute Gasteiger partial charge is 0.378 e. The van der Waals surface area contributed by atoms with E-state index < -0.39 is 15.3 Å². The number of anilines is 2. The van der Waals surface area contributed by atoms with E-state index in [1.807, 2.05) is 0 Å². The van der Waals surface area contributed by atoms with Gasteiger partial charge in [-0.2, -0.15) is 0 Å². The van der Waals surface area contributed by atoms with Crippen LogP contribution in [-0.2, 0) is 19.6 Å². The number of thioether (sulfide) groups is 1. The number of aromatic nitrogens is 2. The Kier molecular flexibility index (Phi) is 7.58. The van der Waals surface area contributed by atoms with Gasteiger partial charge in [-0.15, -0.1) is 10.2 Å². The summed E-state index contributed by atoms with van der Waals surface area (Å²) in [6.07, 6.45) is 0. The van der Waals surface area contributed by atoms with Crippen molar-refractivity contribution in [3.63, 3.8) is 0 Å². The minimum atomic E-state index is -3.73. The van der Waals surface area contributed by atoms with Crippen molar-refractivity contribution in [1.29, 1.82) is 0 Å². The van der Waals surface area contributed by atoms with Gasteiger partial charge in [-0.3, -0.25) is 4.79 Å². The molecule has 0 radical (unpaired) electrons. The number of hydrogen-bond donors (Lipinski definition) is 1. The number of carbonyl (C=O) groups excluding carboxylic acids is 1. The Bertz CT molecular complexity index is 1010. The van der Waals surface area contributed by atoms with Crippen LogP contribution in [0, 0.1) is 0 Å². The summed E-state index contributed by atoms with van der Waals surface area (Å²) < 4.78 is 31.9. The number of nitrogens with zero attached hydrogens (tertiary/aromatic N) is 4. The second kappa shape index (κ2) is 9.79. The van der Waals surface area contributed by atoms with Gasteiger partial charge in [0.05, 0.1) is 23.5 Å². The van der Waals surface area contributed by atoms with Gasteiger partial charge in [0.2, 0.25) is 21.1 Å². The van der Waals surface area contributed by atoms with Gasteiger partial charge in [0.1, 0.15) is 4.90 Å². The number of nitrogens with one attached hydrogen (secondary N) is 1. The smallest absolute Gasteiger partial charge is 0.244 e. The molecular weight excluding hydrogens is 470 g/mol. The predicted molar refractivity (Wildman–Crippen MR) is 119 cm³/mol. The minimum Gasteiger partial charge on any atom is -0.378 e. The van der Waals surface area contributed by atoms with E-state index in [9.17, 15) is 13.2 Å². The Morgan fingerprint density at radius 1 is 1.33 bits per heavy atom. The van der Waals surface area contributed by atoms with Gasteiger partial charge >= 0.3 is 0 Å². The Morgan fingerprint density at radius 2 is 2.03 bits per heavy atom. The van der Waals surface area contributed by atoms with E-state index in [4.69, 9.17) is 16.3 Å². The zero-order valence-corrected chi connectivity index (χ0v) is 19.9. The summed E-state index contributed by atoms with van der Waals surface area (Å²) >= 11 is 8.78. The Morgan fingerprint density at radius 3 is 2.70 bits per heavy atom. The lowest BCUT2D eigenvalue weighted by Gasteiger charge is -2.25. The van der Waals surface area contributed by atoms with Crippen LogP contribution in [0.5, 0.6) is 0 Å². The lowest BCUT2D eigenvalue weighted by atomic mass is 10.3. The summed E-state index contributed by atoms with van der Waals surface area (Å²) in [7, 11) is -0.889. The zero-order chi connectivity index (χ0) is 21.9. The molecule has 1 atom stereocenters. The quantitative estimate of drug-likeness (QED) is 0.589. The highest BCUT2D eigenvalue weighted by atomic mass is 35.5. The van der Waals surface area contributed by atoms with Gasteiger partial charge in [0.15, 0.2) is 4.34 Å². The monoisotopic (exact) mass is 491 g/mol. The van der Waals surface area contributed by atoms with Gasteiger partial charge in [-0.25, -0.2) is 12.7 Å². The van der Waals surface area contributed by atoms with Crippen LogP contribution < -0.4 is 10.2 Å². The topological polar surface area (TPSA) is 105 Å². The van der Waals surface area contributed by atoms with Crippen molar-refractivity contribution in [2.45, 2.75) is 21.4 Å². The molecule has 1 amide bonds. The molecule has 9 nitrogen and oxygen atoms in total. The molecule has 0 aliphatic carbocycles. The molecule has 1 saturated heterocycles. The highest BCUT2D eigenvalue weighted by Gasteiger charge is 2.23. The molecule has 3 rings (SSSR count). The first-order valence-electron chi connectivity index (χ1n) is 9.04. The van der Waals surface area contributed by atoms with E-state index in [1.54, 1.807) is 13.0 Å². The first kappa shape index (κ1) is 23.2. The first-order valence-corrected chi connectivity index (χ1v) is 12.6. The zero-order valence-electron chi connectivity index (χ0n) is 16.7. The van der Waals surface area contributed by atoms with E-state index in [2.05, 4.69) is 20.4 Å². The SMILES string of the molecule is CC(Sc1nnc(N2CCOCC2)s1)C(=O)Nc1ccc(Cl)c(S(=O)(=O)N(C)C)c1. The number of benzene rings is 1. The second-order valence-corrected chi connectivity index (χ2v) is 11.7. The predicted octanol–water partition coefficient (Wildman–Crippen LogP) is 2.40. The average Bonchev–Trinajstić information content (AvgIpc) is 3.18. The van der Waals surface area contributed by atoms with E-state index in [1.165, 1.54) is 49.3 Å². The summed E-state index contributed by atoms with van der Waals surface area (Å²) in [5.41, 5.74) is 0.351. The van der Waals surface area contributed by atoms with Crippen molar-refractivity contribution >= 4 is 61.4 Å². The Hall–Kier alpha value is -1.44. The molecule has 1 aromatic carbocycles. The number of morpholine rings is 1. The van der Waals surface area contributed by atoms with Crippen LogP contribution in [0.4, 0.5) is 10.8 Å². The summed E-state index contributed by atoms with van der Waals surface area (Å²) in [5.74, 6) is -0.279. The highest BCUT2D eigenvalue weighted by Crippen LogP contribution is 2.32. The van der Waals surface area contributed by atoms with Gasteiger partial charge in [-0.1, -0.05) is 34.7 Å². The number of hydrogen-bond acceptors (Lipinski definition) is 9. The lowest BCUT2D eigenvalue weighted by molar-refractivity contribution is -0.115. The van der Waals surface area contributed by atoms with E-state index in [0.29, 0.717) is 23.2 Å². The molecule has 0 bridgehead atoms. The van der Waals surface area contributed by atoms with Crippen molar-refractivity contribution in [3.05, 3.63) is 23.2 Å². The van der Waals surface area contributed by atoms with Crippen molar-refractivity contribution in [2.24, 2.45) is 0 Å². The summed E-state index contributed by atoms with van der Waals surface area (Å²) in [6.45, 7) is 4.61. The minimum absolute atomic E-state index is 0.0634. The molecule has 1 aliphatic heterocycles. The third-order valence-electron chi connectivity index (χ3n) is 4.28. The fraction of sp³-hybridized carbons (Fsp3) is 0.471. The second-order valence-electron chi connectivity index (χ2n) is 6.63. The van der Waals surface area contributed by atoms with Crippen molar-refractivity contribution in [1.82, 2.24) is 14.5 Å². The van der Waals surface area contributed by atoms with Crippen LogP contribution >= 0.6 is 34.7 Å². The summed E-state index contributed by atoms with van der Waals surface area (Å²) in [5, 5.41) is 11.5. The Balaban J connectivity index is 1.65. The molecule has 1 fully saturated rings. The van der Waals surface area contributed by atoms with Crippen LogP contribution in [-0.4, -0.2) is 74.5 Å². The maximum Gasteiger partial charge on any atom is 0.244 e. The molecule has 13 heteroatoms.